The molecule has 2 rings (SSSR count). The van der Waals surface area contributed by atoms with Crippen LogP contribution in [0.1, 0.15) is 0 Å². The van der Waals surface area contributed by atoms with E-state index in [0.29, 0.717) is 5.75 Å². The number of sulfonamides is 1. The molecule has 0 radical (unpaired) electrons. The molecule has 0 aliphatic heterocycles. The third kappa shape index (κ3) is 3.26. The summed E-state index contributed by atoms with van der Waals surface area (Å²) in [6.45, 7) is 0. The van der Waals surface area contributed by atoms with Gasteiger partial charge in [0.05, 0.1) is 5.16 Å². The first-order chi connectivity index (χ1) is 9.13. The number of rotatable bonds is 4. The van der Waals surface area contributed by atoms with Crippen molar-refractivity contribution >= 4 is 27.4 Å². The molecule has 0 bridgehead atoms. The van der Waals surface area contributed by atoms with Gasteiger partial charge in [-0.2, -0.15) is 8.42 Å². The average molecular weight is 291 g/mol. The van der Waals surface area contributed by atoms with Crippen LogP contribution in [0.15, 0.2) is 63.9 Å². The Kier molecular flexibility index (Phi) is 4.06. The molecule has 2 aromatic rings. The molecule has 0 unspecified atom stereocenters. The Bertz CT molecular complexity index is 721. The molecule has 0 N–H and O–H groups in total. The number of thiocarbonyl (C=S) groups is 1. The number of nitrogens with zero attached hydrogens (tertiary/aromatic N) is 1. The molecular formula is C13H9NO3S2. The monoisotopic (exact) mass is 291 g/mol. The van der Waals surface area contributed by atoms with E-state index in [1.807, 2.05) is 11.2 Å². The summed E-state index contributed by atoms with van der Waals surface area (Å²) in [6.07, 6.45) is 0. The van der Waals surface area contributed by atoms with E-state index in [2.05, 4.69) is 16.6 Å². The summed E-state index contributed by atoms with van der Waals surface area (Å²) >= 11 is 4.34. The summed E-state index contributed by atoms with van der Waals surface area (Å²) in [5.74, 6) is 0.735. The van der Waals surface area contributed by atoms with E-state index >= 15 is 0 Å². The van der Waals surface area contributed by atoms with Crippen LogP contribution in [-0.2, 0) is 10.0 Å². The molecule has 0 aromatic heterocycles. The predicted octanol–water partition coefficient (Wildman–Crippen LogP) is 3.27. The first kappa shape index (κ1) is 13.4. The van der Waals surface area contributed by atoms with Gasteiger partial charge in [0.25, 0.3) is 10.0 Å². The minimum atomic E-state index is -3.88. The molecule has 2 aromatic carbocycles. The Morgan fingerprint density at radius 3 is 2.32 bits per heavy atom. The lowest BCUT2D eigenvalue weighted by Crippen LogP contribution is -1.99. The maximum atomic E-state index is 11.9. The summed E-state index contributed by atoms with van der Waals surface area (Å²) in [6, 6.07) is 15.1. The van der Waals surface area contributed by atoms with Crippen molar-refractivity contribution in [3.05, 3.63) is 54.6 Å². The van der Waals surface area contributed by atoms with E-state index in [1.54, 1.807) is 42.5 Å². The van der Waals surface area contributed by atoms with E-state index in [4.69, 9.17) is 4.74 Å². The van der Waals surface area contributed by atoms with Crippen molar-refractivity contribution in [2.45, 2.75) is 4.90 Å². The Morgan fingerprint density at radius 1 is 1.00 bits per heavy atom. The summed E-state index contributed by atoms with van der Waals surface area (Å²) in [5.41, 5.74) is 0. The van der Waals surface area contributed by atoms with Crippen molar-refractivity contribution in [1.29, 1.82) is 0 Å². The van der Waals surface area contributed by atoms with Crippen LogP contribution in [-0.4, -0.2) is 13.6 Å². The van der Waals surface area contributed by atoms with Crippen LogP contribution >= 0.6 is 12.2 Å². The van der Waals surface area contributed by atoms with Gasteiger partial charge in [-0.3, -0.25) is 0 Å². The fraction of sp³-hybridized carbons (Fsp3) is 0. The van der Waals surface area contributed by atoms with Crippen molar-refractivity contribution in [3.8, 4) is 11.5 Å². The summed E-state index contributed by atoms with van der Waals surface area (Å²) < 4.78 is 32.5. The highest BCUT2D eigenvalue weighted by molar-refractivity contribution is 7.91. The zero-order valence-electron chi connectivity index (χ0n) is 9.68. The molecule has 0 spiro atoms. The second kappa shape index (κ2) is 5.75. The molecule has 0 saturated heterocycles. The first-order valence-corrected chi connectivity index (χ1v) is 7.14. The van der Waals surface area contributed by atoms with Gasteiger partial charge >= 0.3 is 0 Å². The molecule has 0 aliphatic rings. The van der Waals surface area contributed by atoms with Crippen LogP contribution in [0.2, 0.25) is 0 Å². The Labute approximate surface area is 116 Å². The number of hydrogen-bond donors (Lipinski definition) is 0. The van der Waals surface area contributed by atoms with Gasteiger partial charge in [0.2, 0.25) is 0 Å². The Morgan fingerprint density at radius 2 is 1.63 bits per heavy atom. The number of hydrogen-bond acceptors (Lipinski definition) is 4. The van der Waals surface area contributed by atoms with Crippen LogP contribution in [0.4, 0.5) is 0 Å². The quantitative estimate of drug-likeness (QED) is 0.641. The van der Waals surface area contributed by atoms with Gasteiger partial charge in [-0.1, -0.05) is 30.3 Å². The average Bonchev–Trinajstić information content (AvgIpc) is 2.40. The zero-order valence-corrected chi connectivity index (χ0v) is 11.3. The molecule has 0 aliphatic carbocycles. The van der Waals surface area contributed by atoms with E-state index in [0.717, 1.165) is 0 Å². The van der Waals surface area contributed by atoms with Crippen molar-refractivity contribution in [1.82, 2.24) is 0 Å². The highest BCUT2D eigenvalue weighted by Crippen LogP contribution is 2.29. The number of isothiocyanates is 1. The normalized spacial score (nSPS) is 10.5. The van der Waals surface area contributed by atoms with Crippen LogP contribution in [0.5, 0.6) is 11.5 Å². The van der Waals surface area contributed by atoms with Gasteiger partial charge in [-0.15, -0.1) is 4.40 Å². The lowest BCUT2D eigenvalue weighted by Gasteiger charge is -2.08. The predicted molar refractivity (Wildman–Crippen MR) is 75.2 cm³/mol. The van der Waals surface area contributed by atoms with Crippen molar-refractivity contribution in [2.75, 3.05) is 0 Å². The van der Waals surface area contributed by atoms with Crippen molar-refractivity contribution in [2.24, 2.45) is 4.40 Å². The number of para-hydroxylation sites is 2. The van der Waals surface area contributed by atoms with Crippen molar-refractivity contribution < 1.29 is 13.2 Å². The molecule has 0 atom stereocenters. The van der Waals surface area contributed by atoms with Gasteiger partial charge in [0.1, 0.15) is 16.4 Å². The minimum Gasteiger partial charge on any atom is -0.456 e. The first-order valence-electron chi connectivity index (χ1n) is 5.29. The molecule has 96 valence electrons. The molecule has 4 nitrogen and oxygen atoms in total. The smallest absolute Gasteiger partial charge is 0.294 e. The fourth-order valence-corrected chi connectivity index (χ4v) is 2.57. The standard InChI is InChI=1S/C13H9NO3S2/c15-19(16,14-10-18)13-9-5-4-8-12(13)17-11-6-2-1-3-7-11/h1-9H. The summed E-state index contributed by atoms with van der Waals surface area (Å²) in [7, 11) is -3.88. The highest BCUT2D eigenvalue weighted by Gasteiger charge is 2.18. The third-order valence-electron chi connectivity index (χ3n) is 2.26. The van der Waals surface area contributed by atoms with Crippen LogP contribution in [0.25, 0.3) is 0 Å². The molecular weight excluding hydrogens is 282 g/mol. The van der Waals surface area contributed by atoms with Crippen LogP contribution in [0.3, 0.4) is 0 Å². The Balaban J connectivity index is 2.46. The van der Waals surface area contributed by atoms with E-state index < -0.39 is 10.0 Å². The lowest BCUT2D eigenvalue weighted by molar-refractivity contribution is 0.467. The van der Waals surface area contributed by atoms with Gasteiger partial charge in [0.15, 0.2) is 0 Å². The molecule has 6 heteroatoms. The largest absolute Gasteiger partial charge is 0.456 e. The van der Waals surface area contributed by atoms with Gasteiger partial charge in [0, 0.05) is 0 Å². The molecule has 0 fully saturated rings. The second-order valence-corrected chi connectivity index (χ2v) is 5.27. The molecule has 0 amide bonds. The molecule has 19 heavy (non-hydrogen) atoms. The van der Waals surface area contributed by atoms with Crippen LogP contribution in [0, 0.1) is 0 Å². The van der Waals surface area contributed by atoms with Gasteiger partial charge in [-0.05, 0) is 36.5 Å². The van der Waals surface area contributed by atoms with E-state index in [1.165, 1.54) is 6.07 Å². The van der Waals surface area contributed by atoms with Gasteiger partial charge < -0.3 is 4.74 Å². The van der Waals surface area contributed by atoms with E-state index in [-0.39, 0.29) is 10.6 Å². The van der Waals surface area contributed by atoms with Gasteiger partial charge in [-0.25, -0.2) is 0 Å². The Hall–Kier alpha value is -2.01. The van der Waals surface area contributed by atoms with Crippen molar-refractivity contribution in [3.63, 3.8) is 0 Å². The maximum absolute atomic E-state index is 11.9. The second-order valence-electron chi connectivity index (χ2n) is 3.52. The topological polar surface area (TPSA) is 55.7 Å². The highest BCUT2D eigenvalue weighted by atomic mass is 32.2. The maximum Gasteiger partial charge on any atom is 0.294 e. The molecule has 0 saturated carbocycles. The fourth-order valence-electron chi connectivity index (χ4n) is 1.46. The van der Waals surface area contributed by atoms with Crippen LogP contribution < -0.4 is 4.74 Å². The lowest BCUT2D eigenvalue weighted by atomic mass is 10.3. The van der Waals surface area contributed by atoms with E-state index in [9.17, 15) is 8.42 Å². The summed E-state index contributed by atoms with van der Waals surface area (Å²) in [4.78, 5) is -0.0452. The summed E-state index contributed by atoms with van der Waals surface area (Å²) in [5, 5.41) is 1.86. The SMILES string of the molecule is O=S(=O)(N=C=S)c1ccccc1Oc1ccccc1. The number of benzene rings is 2. The zero-order chi connectivity index (χ0) is 13.7. The molecule has 0 heterocycles. The minimum absolute atomic E-state index is 0.0452. The third-order valence-corrected chi connectivity index (χ3v) is 3.69. The number of ether oxygens (including phenoxy) is 1.